The second-order valence-corrected chi connectivity index (χ2v) is 2.97. The largest absolute Gasteiger partial charge is 0.508 e. The molecular weight excluding hydrogens is 138 g/mol. The van der Waals surface area contributed by atoms with Crippen molar-refractivity contribution >= 4 is 5.69 Å². The molecule has 0 heterocycles. The van der Waals surface area contributed by atoms with Crippen molar-refractivity contribution in [1.29, 1.82) is 0 Å². The molecule has 0 saturated heterocycles. The highest BCUT2D eigenvalue weighted by atomic mass is 16.3. The molecule has 2 heteroatoms. The van der Waals surface area contributed by atoms with Crippen molar-refractivity contribution in [3.63, 3.8) is 0 Å². The van der Waals surface area contributed by atoms with E-state index in [1.165, 1.54) is 12.1 Å². The van der Waals surface area contributed by atoms with Gasteiger partial charge in [-0.2, -0.15) is 0 Å². The Morgan fingerprint density at radius 3 is 2.73 bits per heavy atom. The first-order valence-corrected chi connectivity index (χ1v) is 3.39. The monoisotopic (exact) mass is 155 g/mol. The van der Waals surface area contributed by atoms with Gasteiger partial charge in [0.25, 0.3) is 0 Å². The molecule has 0 saturated carbocycles. The van der Waals surface area contributed by atoms with Crippen molar-refractivity contribution in [1.82, 2.24) is 4.48 Å². The minimum absolute atomic E-state index is 0.0814. The highest BCUT2D eigenvalue weighted by molar-refractivity contribution is 5.45. The van der Waals surface area contributed by atoms with E-state index in [0.717, 1.165) is 0 Å². The van der Waals surface area contributed by atoms with E-state index in [1.54, 1.807) is 26.2 Å². The van der Waals surface area contributed by atoms with Gasteiger partial charge in [-0.25, -0.2) is 0 Å². The molecule has 1 aromatic rings. The van der Waals surface area contributed by atoms with Crippen LogP contribution in [0.5, 0.6) is 5.75 Å². The molecule has 0 unspecified atom stereocenters. The summed E-state index contributed by atoms with van der Waals surface area (Å²) in [4.78, 5) is 0. The molecule has 2 nitrogen and oxygen atoms in total. The number of quaternary nitrogens is 1. The van der Waals surface area contributed by atoms with Gasteiger partial charge in [0, 0.05) is 6.07 Å². The van der Waals surface area contributed by atoms with E-state index in [0.29, 0.717) is 5.69 Å². The van der Waals surface area contributed by atoms with Crippen LogP contribution in [0.1, 0.15) is 4.11 Å². The topological polar surface area (TPSA) is 20.2 Å². The molecule has 0 aliphatic heterocycles. The second-order valence-electron chi connectivity index (χ2n) is 2.97. The van der Waals surface area contributed by atoms with Crippen molar-refractivity contribution in [2.24, 2.45) is 0 Å². The van der Waals surface area contributed by atoms with E-state index >= 15 is 0 Å². The molecule has 0 amide bonds. The predicted octanol–water partition coefficient (Wildman–Crippen LogP) is 1.59. The van der Waals surface area contributed by atoms with Gasteiger partial charge in [-0.05, 0) is 12.1 Å². The van der Waals surface area contributed by atoms with E-state index in [1.807, 2.05) is 0 Å². The summed E-state index contributed by atoms with van der Waals surface area (Å²) in [6.45, 7) is -2.13. The zero-order valence-corrected chi connectivity index (χ0v) is 6.70. The van der Waals surface area contributed by atoms with E-state index in [9.17, 15) is 5.11 Å². The molecule has 0 aromatic heterocycles. The number of hydrogen-bond acceptors (Lipinski definition) is 1. The summed E-state index contributed by atoms with van der Waals surface area (Å²) >= 11 is 0. The van der Waals surface area contributed by atoms with Gasteiger partial charge in [0.2, 0.25) is 0 Å². The van der Waals surface area contributed by atoms with Gasteiger partial charge >= 0.3 is 0 Å². The van der Waals surface area contributed by atoms with Gasteiger partial charge in [0.15, 0.2) is 0 Å². The van der Waals surface area contributed by atoms with Crippen LogP contribution in [0, 0.1) is 0 Å². The average Bonchev–Trinajstić information content (AvgIpc) is 2.02. The molecule has 0 aliphatic rings. The van der Waals surface area contributed by atoms with Gasteiger partial charge in [0.1, 0.15) is 11.4 Å². The van der Waals surface area contributed by atoms with E-state index in [-0.39, 0.29) is 10.2 Å². The number of phenolic OH excluding ortho intramolecular Hbond substituents is 1. The third-order valence-corrected chi connectivity index (χ3v) is 1.48. The van der Waals surface area contributed by atoms with Crippen LogP contribution in [0.2, 0.25) is 0 Å². The number of hydrogen-bond donors (Lipinski definition) is 1. The van der Waals surface area contributed by atoms with Crippen LogP contribution >= 0.6 is 0 Å². The third-order valence-electron chi connectivity index (χ3n) is 1.48. The van der Waals surface area contributed by atoms with Crippen molar-refractivity contribution in [3.05, 3.63) is 24.3 Å². The fourth-order valence-electron chi connectivity index (χ4n) is 0.841. The summed E-state index contributed by atoms with van der Waals surface area (Å²) < 4.78 is 21.9. The number of phenols is 1. The van der Waals surface area contributed by atoms with Crippen molar-refractivity contribution in [2.75, 3.05) is 21.1 Å². The van der Waals surface area contributed by atoms with Crippen molar-refractivity contribution in [3.8, 4) is 5.75 Å². The molecular formula is C9H14NO+. The fourth-order valence-corrected chi connectivity index (χ4v) is 0.841. The molecule has 0 spiro atoms. The molecule has 1 rings (SSSR count). The van der Waals surface area contributed by atoms with Crippen LogP contribution in [0.15, 0.2) is 24.3 Å². The van der Waals surface area contributed by atoms with Crippen LogP contribution in [-0.2, 0) is 0 Å². The molecule has 0 fully saturated rings. The first-order valence-electron chi connectivity index (χ1n) is 4.89. The summed E-state index contributed by atoms with van der Waals surface area (Å²) in [5.74, 6) is 0.0814. The maximum Gasteiger partial charge on any atom is 0.135 e. The number of aromatic hydroxyl groups is 1. The zero-order valence-electron chi connectivity index (χ0n) is 9.70. The first kappa shape index (κ1) is 4.78. The lowest BCUT2D eigenvalue weighted by Crippen LogP contribution is -2.34. The van der Waals surface area contributed by atoms with Gasteiger partial charge in [-0.1, -0.05) is 6.07 Å². The highest BCUT2D eigenvalue weighted by Gasteiger charge is 2.11. The van der Waals surface area contributed by atoms with Crippen LogP contribution in [-0.4, -0.2) is 26.2 Å². The van der Waals surface area contributed by atoms with Crippen LogP contribution in [0.25, 0.3) is 0 Å². The van der Waals surface area contributed by atoms with Crippen LogP contribution in [0.3, 0.4) is 0 Å². The summed E-state index contributed by atoms with van der Waals surface area (Å²) in [7, 11) is 3.17. The summed E-state index contributed by atoms with van der Waals surface area (Å²) in [5.41, 5.74) is 0.560. The minimum atomic E-state index is -2.13. The van der Waals surface area contributed by atoms with Gasteiger partial charge in [-0.15, -0.1) is 0 Å². The van der Waals surface area contributed by atoms with Gasteiger partial charge in [-0.3, -0.25) is 4.48 Å². The smallest absolute Gasteiger partial charge is 0.135 e. The van der Waals surface area contributed by atoms with Gasteiger partial charge < -0.3 is 5.11 Å². The van der Waals surface area contributed by atoms with E-state index in [4.69, 9.17) is 4.11 Å². The molecule has 0 radical (unpaired) electrons. The lowest BCUT2D eigenvalue weighted by molar-refractivity contribution is 0.460. The highest BCUT2D eigenvalue weighted by Crippen LogP contribution is 2.21. The van der Waals surface area contributed by atoms with Crippen LogP contribution in [0.4, 0.5) is 5.69 Å². The first-order chi connectivity index (χ1) is 6.25. The Bertz CT molecular complexity index is 333. The Morgan fingerprint density at radius 2 is 2.18 bits per heavy atom. The summed E-state index contributed by atoms with van der Waals surface area (Å²) in [6.07, 6.45) is 0. The lowest BCUT2D eigenvalue weighted by atomic mass is 10.2. The normalized spacial score (nSPS) is 16.7. The fraction of sp³-hybridized carbons (Fsp3) is 0.333. The Morgan fingerprint density at radius 1 is 1.45 bits per heavy atom. The summed E-state index contributed by atoms with van der Waals surface area (Å²) in [5, 5.41) is 9.25. The minimum Gasteiger partial charge on any atom is -0.508 e. The molecule has 1 aromatic carbocycles. The standard InChI is InChI=1S/C9H13NO/c1-10(2,3)8-5-4-6-9(11)7-8/h4-7H,1-3H3/p+1/i1D3. The Labute approximate surface area is 71.5 Å². The Hall–Kier alpha value is -1.02. The second kappa shape index (κ2) is 2.55. The maximum absolute atomic E-state index is 9.25. The Kier molecular flexibility index (Phi) is 1.11. The molecule has 11 heavy (non-hydrogen) atoms. The van der Waals surface area contributed by atoms with Crippen LogP contribution < -0.4 is 4.48 Å². The third kappa shape index (κ3) is 1.95. The SMILES string of the molecule is [2H]C([2H])([2H])[N+](C)(C)c1cccc(O)c1. The molecule has 1 N–H and O–H groups in total. The molecule has 0 aliphatic carbocycles. The van der Waals surface area contributed by atoms with Crippen molar-refractivity contribution in [2.45, 2.75) is 0 Å². The van der Waals surface area contributed by atoms with E-state index in [2.05, 4.69) is 0 Å². The van der Waals surface area contributed by atoms with Gasteiger partial charge in [0.05, 0.1) is 25.2 Å². The quantitative estimate of drug-likeness (QED) is 0.611. The Balaban J connectivity index is 3.16. The average molecular weight is 155 g/mol. The number of rotatable bonds is 1. The molecule has 60 valence electrons. The lowest BCUT2D eigenvalue weighted by Gasteiger charge is -2.23. The van der Waals surface area contributed by atoms with E-state index < -0.39 is 6.98 Å². The number of nitrogens with zero attached hydrogens (tertiary/aromatic N) is 1. The van der Waals surface area contributed by atoms with Crippen molar-refractivity contribution < 1.29 is 9.22 Å². The summed E-state index contributed by atoms with van der Waals surface area (Å²) in [6, 6.07) is 6.30. The number of benzene rings is 1. The molecule has 0 atom stereocenters. The zero-order chi connectivity index (χ0) is 11.0. The predicted molar refractivity (Wildman–Crippen MR) is 47.7 cm³/mol. The maximum atomic E-state index is 9.25. The molecule has 0 bridgehead atoms.